The first-order valence-corrected chi connectivity index (χ1v) is 13.5. The van der Waals surface area contributed by atoms with Crippen molar-refractivity contribution in [2.24, 2.45) is 0 Å². The van der Waals surface area contributed by atoms with E-state index in [1.165, 1.54) is 6.33 Å². The average Bonchev–Trinajstić information content (AvgIpc) is 3.43. The van der Waals surface area contributed by atoms with Gasteiger partial charge in [0.05, 0.1) is 17.0 Å². The van der Waals surface area contributed by atoms with Crippen LogP contribution < -0.4 is 16.0 Å². The lowest BCUT2D eigenvalue weighted by molar-refractivity contribution is 0.262. The summed E-state index contributed by atoms with van der Waals surface area (Å²) in [5, 5.41) is 18.9. The zero-order chi connectivity index (χ0) is 28.7. The van der Waals surface area contributed by atoms with Crippen molar-refractivity contribution >= 4 is 34.3 Å². The first-order chi connectivity index (χ1) is 20.7. The predicted octanol–water partition coefficient (Wildman–Crippen LogP) is 7.73. The van der Waals surface area contributed by atoms with Crippen molar-refractivity contribution in [3.05, 3.63) is 127 Å². The maximum absolute atomic E-state index is 12.4. The zero-order valence-corrected chi connectivity index (χ0v) is 22.5. The molecule has 4 aromatic carbocycles. The van der Waals surface area contributed by atoms with Crippen LogP contribution in [0.2, 0.25) is 0 Å². The summed E-state index contributed by atoms with van der Waals surface area (Å²) in [6.45, 7) is 0.634. The second-order valence-corrected chi connectivity index (χ2v) is 9.59. The minimum absolute atomic E-state index is 0.378. The van der Waals surface area contributed by atoms with Gasteiger partial charge in [0.2, 0.25) is 5.71 Å². The molecule has 0 aliphatic rings. The van der Waals surface area contributed by atoms with E-state index in [9.17, 15) is 4.79 Å². The minimum Gasteiger partial charge on any atom is -0.437 e. The van der Waals surface area contributed by atoms with Crippen molar-refractivity contribution < 1.29 is 9.21 Å². The maximum Gasteiger partial charge on any atom is 0.323 e. The highest BCUT2D eigenvalue weighted by molar-refractivity contribution is 6.05. The highest BCUT2D eigenvalue weighted by Crippen LogP contribution is 2.42. The van der Waals surface area contributed by atoms with E-state index in [2.05, 4.69) is 44.1 Å². The fourth-order valence-electron chi connectivity index (χ4n) is 4.78. The molecule has 0 saturated heterocycles. The lowest BCUT2D eigenvalue weighted by atomic mass is 9.99. The number of carbonyl (C=O) groups excluding carboxylic acids is 1. The molecule has 0 saturated carbocycles. The number of nitrogens with one attached hydrogen (secondary N) is 3. The van der Waals surface area contributed by atoms with Gasteiger partial charge in [-0.25, -0.2) is 14.8 Å². The molecule has 0 bridgehead atoms. The third-order valence-electron chi connectivity index (χ3n) is 6.75. The molecule has 8 heteroatoms. The van der Waals surface area contributed by atoms with Gasteiger partial charge in [0.25, 0.3) is 0 Å². The van der Waals surface area contributed by atoms with Gasteiger partial charge in [-0.2, -0.15) is 5.26 Å². The van der Waals surface area contributed by atoms with Gasteiger partial charge in [0.1, 0.15) is 17.9 Å². The molecular weight excluding hydrogens is 524 g/mol. The van der Waals surface area contributed by atoms with Crippen LogP contribution in [-0.4, -0.2) is 22.5 Å². The number of fused-ring (bicyclic) bond motifs is 1. The van der Waals surface area contributed by atoms with Gasteiger partial charge in [-0.1, -0.05) is 78.9 Å². The summed E-state index contributed by atoms with van der Waals surface area (Å²) in [7, 11) is 0. The number of amides is 2. The lowest BCUT2D eigenvalue weighted by Gasteiger charge is -2.10. The van der Waals surface area contributed by atoms with Crippen LogP contribution in [0.5, 0.6) is 0 Å². The van der Waals surface area contributed by atoms with Crippen LogP contribution in [0.25, 0.3) is 33.6 Å². The van der Waals surface area contributed by atoms with Gasteiger partial charge in [-0.05, 0) is 47.9 Å². The number of hydrogen-bond acceptors (Lipinski definition) is 6. The van der Waals surface area contributed by atoms with Crippen LogP contribution >= 0.6 is 0 Å². The number of hydrogen-bond donors (Lipinski definition) is 3. The SMILES string of the molecule is N#Cc1cccc(NC(=O)Nc2ccc(CCNc3ncnc4oc(-c5ccccc5)c(-c5ccccc5)c34)cc2)c1. The van der Waals surface area contributed by atoms with Gasteiger partial charge in [-0.15, -0.1) is 0 Å². The number of furan rings is 1. The number of carbonyl (C=O) groups is 1. The monoisotopic (exact) mass is 550 g/mol. The standard InChI is InChI=1S/C34H26N6O2/c35-21-24-8-7-13-28(20-24)40-34(41)39-27-16-14-23(15-17-27)18-19-36-32-30-29(25-9-3-1-4-10-25)31(26-11-5-2-6-12-26)42-33(30)38-22-37-32/h1-17,20,22H,18-19H2,(H,36,37,38)(H2,39,40,41). The summed E-state index contributed by atoms with van der Waals surface area (Å²) in [4.78, 5) is 21.4. The van der Waals surface area contributed by atoms with Crippen LogP contribution in [0, 0.1) is 11.3 Å². The Labute approximate surface area is 242 Å². The third kappa shape index (κ3) is 5.81. The number of rotatable bonds is 8. The van der Waals surface area contributed by atoms with E-state index < -0.39 is 0 Å². The van der Waals surface area contributed by atoms with E-state index in [4.69, 9.17) is 9.68 Å². The molecule has 204 valence electrons. The van der Waals surface area contributed by atoms with Crippen LogP contribution in [0.4, 0.5) is 22.0 Å². The molecule has 0 radical (unpaired) electrons. The van der Waals surface area contributed by atoms with Crippen LogP contribution in [0.3, 0.4) is 0 Å². The summed E-state index contributed by atoms with van der Waals surface area (Å²) in [5.41, 5.74) is 6.27. The normalized spacial score (nSPS) is 10.6. The number of urea groups is 1. The van der Waals surface area contributed by atoms with E-state index in [0.717, 1.165) is 39.8 Å². The molecule has 2 heterocycles. The Bertz CT molecular complexity index is 1880. The van der Waals surface area contributed by atoms with E-state index in [-0.39, 0.29) is 6.03 Å². The lowest BCUT2D eigenvalue weighted by Crippen LogP contribution is -2.19. The Morgan fingerprint density at radius 2 is 1.50 bits per heavy atom. The Hall–Kier alpha value is -5.94. The maximum atomic E-state index is 12.4. The fraction of sp³-hybridized carbons (Fsp3) is 0.0588. The van der Waals surface area contributed by atoms with Crippen molar-refractivity contribution in [3.63, 3.8) is 0 Å². The summed E-state index contributed by atoms with van der Waals surface area (Å²) in [5.74, 6) is 1.46. The highest BCUT2D eigenvalue weighted by Gasteiger charge is 2.21. The second-order valence-electron chi connectivity index (χ2n) is 9.59. The average molecular weight is 551 g/mol. The van der Waals surface area contributed by atoms with E-state index >= 15 is 0 Å². The summed E-state index contributed by atoms with van der Waals surface area (Å²) in [6.07, 6.45) is 2.25. The van der Waals surface area contributed by atoms with Gasteiger partial charge >= 0.3 is 6.03 Å². The Balaban J connectivity index is 1.15. The molecule has 3 N–H and O–H groups in total. The van der Waals surface area contributed by atoms with Crippen molar-refractivity contribution in [3.8, 4) is 28.5 Å². The molecule has 0 aliphatic heterocycles. The number of aromatic nitrogens is 2. The number of benzene rings is 4. The first kappa shape index (κ1) is 26.3. The zero-order valence-electron chi connectivity index (χ0n) is 22.5. The topological polar surface area (TPSA) is 116 Å². The molecule has 2 aromatic heterocycles. The molecule has 6 rings (SSSR count). The van der Waals surface area contributed by atoms with Crippen molar-refractivity contribution in [2.45, 2.75) is 6.42 Å². The minimum atomic E-state index is -0.378. The van der Waals surface area contributed by atoms with Gasteiger partial charge in [0.15, 0.2) is 0 Å². The van der Waals surface area contributed by atoms with Crippen molar-refractivity contribution in [1.82, 2.24) is 9.97 Å². The summed E-state index contributed by atoms with van der Waals surface area (Å²) >= 11 is 0. The smallest absolute Gasteiger partial charge is 0.323 e. The molecule has 0 aliphatic carbocycles. The summed E-state index contributed by atoms with van der Waals surface area (Å²) < 4.78 is 6.29. The molecule has 0 unspecified atom stereocenters. The number of nitriles is 1. The molecule has 0 atom stereocenters. The highest BCUT2D eigenvalue weighted by atomic mass is 16.3. The molecule has 0 fully saturated rings. The van der Waals surface area contributed by atoms with E-state index in [1.807, 2.05) is 72.8 Å². The molecule has 0 spiro atoms. The second kappa shape index (κ2) is 12.1. The molecular formula is C34H26N6O2. The van der Waals surface area contributed by atoms with E-state index in [0.29, 0.717) is 35.0 Å². The molecule has 8 nitrogen and oxygen atoms in total. The van der Waals surface area contributed by atoms with Crippen LogP contribution in [0.15, 0.2) is 120 Å². The largest absolute Gasteiger partial charge is 0.437 e. The Kier molecular flexibility index (Phi) is 7.55. The number of anilines is 3. The Morgan fingerprint density at radius 3 is 2.24 bits per heavy atom. The van der Waals surface area contributed by atoms with Crippen LogP contribution in [-0.2, 0) is 6.42 Å². The third-order valence-corrected chi connectivity index (χ3v) is 6.75. The van der Waals surface area contributed by atoms with Crippen LogP contribution in [0.1, 0.15) is 11.1 Å². The first-order valence-electron chi connectivity index (χ1n) is 13.5. The fourth-order valence-corrected chi connectivity index (χ4v) is 4.78. The molecule has 6 aromatic rings. The molecule has 42 heavy (non-hydrogen) atoms. The van der Waals surface area contributed by atoms with E-state index in [1.54, 1.807) is 24.3 Å². The molecule has 2 amide bonds. The van der Waals surface area contributed by atoms with Gasteiger partial charge in [0, 0.05) is 29.0 Å². The predicted molar refractivity (Wildman–Crippen MR) is 165 cm³/mol. The van der Waals surface area contributed by atoms with Crippen molar-refractivity contribution in [1.29, 1.82) is 5.26 Å². The summed E-state index contributed by atoms with van der Waals surface area (Å²) in [6, 6.07) is 36.3. The van der Waals surface area contributed by atoms with Gasteiger partial charge < -0.3 is 20.4 Å². The Morgan fingerprint density at radius 1 is 0.786 bits per heavy atom. The van der Waals surface area contributed by atoms with Gasteiger partial charge in [-0.3, -0.25) is 0 Å². The quantitative estimate of drug-likeness (QED) is 0.179. The number of nitrogens with zero attached hydrogens (tertiary/aromatic N) is 3. The van der Waals surface area contributed by atoms with Crippen molar-refractivity contribution in [2.75, 3.05) is 22.5 Å².